The molecule has 4 rings (SSSR count). The third-order valence-electron chi connectivity index (χ3n) is 6.35. The second kappa shape index (κ2) is 8.17. The second-order valence-corrected chi connectivity index (χ2v) is 9.97. The number of rotatable bonds is 3. The highest BCUT2D eigenvalue weighted by molar-refractivity contribution is 6.32. The lowest BCUT2D eigenvalue weighted by Gasteiger charge is -2.34. The molecular formula is C25H25ClN2O4. The molecule has 2 aromatic carbocycles. The molecule has 0 saturated carbocycles. The van der Waals surface area contributed by atoms with Gasteiger partial charge in [0.15, 0.2) is 5.78 Å². The van der Waals surface area contributed by atoms with Gasteiger partial charge in [-0.15, -0.1) is 0 Å². The van der Waals surface area contributed by atoms with Gasteiger partial charge in [0.25, 0.3) is 5.69 Å². The number of nitrogens with zero attached hydrogens (tertiary/aromatic N) is 1. The van der Waals surface area contributed by atoms with E-state index in [-0.39, 0.29) is 40.2 Å². The number of ketones is 1. The number of Topliss-reactive ketones (excluding diaryl/α,β-unsaturated/α-hetero) is 1. The molecule has 1 aliphatic carbocycles. The van der Waals surface area contributed by atoms with Crippen LogP contribution >= 0.6 is 11.6 Å². The number of nitro groups is 1. The average molecular weight is 453 g/mol. The summed E-state index contributed by atoms with van der Waals surface area (Å²) in [6, 6.07) is 12.8. The molecule has 0 aromatic heterocycles. The van der Waals surface area contributed by atoms with Crippen LogP contribution in [0.4, 0.5) is 5.69 Å². The topological polar surface area (TPSA) is 89.3 Å². The molecule has 0 saturated heterocycles. The first-order chi connectivity index (χ1) is 15.0. The van der Waals surface area contributed by atoms with Crippen LogP contribution in [0.5, 0.6) is 0 Å². The van der Waals surface area contributed by atoms with Crippen LogP contribution in [-0.4, -0.2) is 16.6 Å². The second-order valence-electron chi connectivity index (χ2n) is 9.57. The summed E-state index contributed by atoms with van der Waals surface area (Å²) in [5, 5.41) is 14.2. The summed E-state index contributed by atoms with van der Waals surface area (Å²) in [5.41, 5.74) is 3.86. The predicted molar refractivity (Wildman–Crippen MR) is 123 cm³/mol. The molecule has 1 N–H and O–H groups in total. The fraction of sp³-hybridized carbons (Fsp3) is 0.360. The number of amides is 1. The van der Waals surface area contributed by atoms with Gasteiger partial charge in [-0.3, -0.25) is 19.7 Å². The molecule has 0 fully saturated rings. The van der Waals surface area contributed by atoms with Crippen molar-refractivity contribution < 1.29 is 14.5 Å². The normalized spacial score (nSPS) is 21.2. The fourth-order valence-electron chi connectivity index (χ4n) is 4.62. The van der Waals surface area contributed by atoms with Crippen molar-refractivity contribution in [2.75, 3.05) is 0 Å². The molecule has 2 aliphatic rings. The average Bonchev–Trinajstić information content (AvgIpc) is 2.72. The quantitative estimate of drug-likeness (QED) is 0.488. The van der Waals surface area contributed by atoms with Crippen LogP contribution in [0.25, 0.3) is 0 Å². The van der Waals surface area contributed by atoms with E-state index in [9.17, 15) is 19.7 Å². The van der Waals surface area contributed by atoms with E-state index in [1.807, 2.05) is 0 Å². The van der Waals surface area contributed by atoms with Crippen LogP contribution in [0.15, 0.2) is 53.7 Å². The van der Waals surface area contributed by atoms with Crippen LogP contribution < -0.4 is 5.32 Å². The van der Waals surface area contributed by atoms with Crippen molar-refractivity contribution in [3.05, 3.63) is 85.6 Å². The van der Waals surface area contributed by atoms with Crippen molar-refractivity contribution in [2.24, 2.45) is 0 Å². The molecule has 166 valence electrons. The Morgan fingerprint density at radius 1 is 1.00 bits per heavy atom. The van der Waals surface area contributed by atoms with E-state index in [0.717, 1.165) is 5.56 Å². The van der Waals surface area contributed by atoms with Gasteiger partial charge in [-0.05, 0) is 40.5 Å². The van der Waals surface area contributed by atoms with Gasteiger partial charge in [-0.2, -0.15) is 0 Å². The van der Waals surface area contributed by atoms with Crippen molar-refractivity contribution in [2.45, 2.75) is 57.3 Å². The number of nitrogens with one attached hydrogen (secondary N) is 1. The van der Waals surface area contributed by atoms with Crippen molar-refractivity contribution in [1.29, 1.82) is 0 Å². The highest BCUT2D eigenvalue weighted by Gasteiger charge is 2.38. The largest absolute Gasteiger partial charge is 0.329 e. The van der Waals surface area contributed by atoms with E-state index in [2.05, 4.69) is 50.4 Å². The number of benzene rings is 2. The predicted octanol–water partition coefficient (Wildman–Crippen LogP) is 5.55. The molecule has 2 atom stereocenters. The maximum atomic E-state index is 13.2. The van der Waals surface area contributed by atoms with Crippen LogP contribution in [-0.2, 0) is 15.0 Å². The van der Waals surface area contributed by atoms with E-state index >= 15 is 0 Å². The molecule has 7 heteroatoms. The number of nitro benzene ring substituents is 1. The summed E-state index contributed by atoms with van der Waals surface area (Å²) in [6.07, 6.45) is 0.970. The lowest BCUT2D eigenvalue weighted by atomic mass is 9.73. The molecule has 0 bridgehead atoms. The SMILES string of the molecule is CC(C)(C)c1ccc(C2CC(=O)C3=C(C2)NC(=O)CC3c2ccc(Cl)c([N+](=O)[O-])c2)cc1. The smallest absolute Gasteiger partial charge is 0.288 e. The van der Waals surface area contributed by atoms with Gasteiger partial charge in [-0.1, -0.05) is 62.7 Å². The Labute approximate surface area is 191 Å². The number of carbonyl (C=O) groups excluding carboxylic acids is 2. The highest BCUT2D eigenvalue weighted by Crippen LogP contribution is 2.43. The summed E-state index contributed by atoms with van der Waals surface area (Å²) in [4.78, 5) is 36.5. The number of hydrogen-bond acceptors (Lipinski definition) is 4. The van der Waals surface area contributed by atoms with E-state index in [1.54, 1.807) is 6.07 Å². The van der Waals surface area contributed by atoms with Crippen LogP contribution in [0, 0.1) is 10.1 Å². The van der Waals surface area contributed by atoms with Crippen molar-refractivity contribution in [1.82, 2.24) is 5.32 Å². The lowest BCUT2D eigenvalue weighted by Crippen LogP contribution is -2.38. The molecule has 6 nitrogen and oxygen atoms in total. The summed E-state index contributed by atoms with van der Waals surface area (Å²) in [6.45, 7) is 6.46. The van der Waals surface area contributed by atoms with Crippen molar-refractivity contribution >= 4 is 29.0 Å². The summed E-state index contributed by atoms with van der Waals surface area (Å²) < 4.78 is 0. The minimum absolute atomic E-state index is 0.0196. The zero-order valence-electron chi connectivity index (χ0n) is 18.3. The lowest BCUT2D eigenvalue weighted by molar-refractivity contribution is -0.384. The first kappa shape index (κ1) is 22.2. The zero-order valence-corrected chi connectivity index (χ0v) is 19.0. The Bertz CT molecular complexity index is 1150. The number of halogens is 1. The molecule has 1 aliphatic heterocycles. The van der Waals surface area contributed by atoms with Crippen LogP contribution in [0.1, 0.15) is 68.6 Å². The van der Waals surface area contributed by atoms with Crippen LogP contribution in [0.3, 0.4) is 0 Å². The Morgan fingerprint density at radius 3 is 2.28 bits per heavy atom. The Balaban J connectivity index is 1.68. The molecule has 1 heterocycles. The van der Waals surface area contributed by atoms with Gasteiger partial charge in [0.05, 0.1) is 4.92 Å². The monoisotopic (exact) mass is 452 g/mol. The molecule has 1 amide bonds. The zero-order chi connectivity index (χ0) is 23.2. The Hall–Kier alpha value is -2.99. The fourth-order valence-corrected chi connectivity index (χ4v) is 4.81. The van der Waals surface area contributed by atoms with Gasteiger partial charge in [0.1, 0.15) is 5.02 Å². The van der Waals surface area contributed by atoms with Crippen LogP contribution in [0.2, 0.25) is 5.02 Å². The molecule has 2 aromatic rings. The van der Waals surface area contributed by atoms with Crippen molar-refractivity contribution in [3.8, 4) is 0 Å². The standard InChI is InChI=1S/C25H25ClN2O4/c1-25(2,3)17-7-4-14(5-8-17)16-10-20-24(22(29)12-16)18(13-23(30)27-20)15-6-9-19(26)21(11-15)28(31)32/h4-9,11,16,18H,10,12-13H2,1-3H3,(H,27,30). The Kier molecular flexibility index (Phi) is 5.67. The summed E-state index contributed by atoms with van der Waals surface area (Å²) in [7, 11) is 0. The van der Waals surface area contributed by atoms with Crippen molar-refractivity contribution in [3.63, 3.8) is 0 Å². The highest BCUT2D eigenvalue weighted by atomic mass is 35.5. The Morgan fingerprint density at radius 2 is 1.66 bits per heavy atom. The number of hydrogen-bond donors (Lipinski definition) is 1. The van der Waals surface area contributed by atoms with E-state index in [4.69, 9.17) is 11.6 Å². The van der Waals surface area contributed by atoms with Gasteiger partial charge in [0, 0.05) is 36.1 Å². The minimum Gasteiger partial charge on any atom is -0.329 e. The van der Waals surface area contributed by atoms with Gasteiger partial charge in [-0.25, -0.2) is 0 Å². The minimum atomic E-state index is -0.552. The third-order valence-corrected chi connectivity index (χ3v) is 6.67. The summed E-state index contributed by atoms with van der Waals surface area (Å²) in [5.74, 6) is -0.748. The first-order valence-electron chi connectivity index (χ1n) is 10.6. The maximum Gasteiger partial charge on any atom is 0.288 e. The molecule has 32 heavy (non-hydrogen) atoms. The van der Waals surface area contributed by atoms with Gasteiger partial charge in [0.2, 0.25) is 5.91 Å². The van der Waals surface area contributed by atoms with E-state index < -0.39 is 10.8 Å². The number of allylic oxidation sites excluding steroid dienone is 2. The molecule has 0 spiro atoms. The summed E-state index contributed by atoms with van der Waals surface area (Å²) >= 11 is 5.95. The van der Waals surface area contributed by atoms with E-state index in [1.165, 1.54) is 17.7 Å². The third kappa shape index (κ3) is 4.19. The number of carbonyl (C=O) groups is 2. The maximum absolute atomic E-state index is 13.2. The molecular weight excluding hydrogens is 428 g/mol. The molecule has 2 unspecified atom stereocenters. The first-order valence-corrected chi connectivity index (χ1v) is 11.0. The van der Waals surface area contributed by atoms with Gasteiger partial charge >= 0.3 is 0 Å². The van der Waals surface area contributed by atoms with E-state index in [0.29, 0.717) is 29.7 Å². The molecule has 0 radical (unpaired) electrons. The van der Waals surface area contributed by atoms with Gasteiger partial charge < -0.3 is 5.32 Å².